The highest BCUT2D eigenvalue weighted by molar-refractivity contribution is 5.79. The van der Waals surface area contributed by atoms with E-state index in [0.29, 0.717) is 37.8 Å². The van der Waals surface area contributed by atoms with Crippen LogP contribution in [0.2, 0.25) is 0 Å². The van der Waals surface area contributed by atoms with Gasteiger partial charge in [-0.25, -0.2) is 0 Å². The SMILES string of the molecule is CN=C(NCc1ccc(C)cc1OCCOC)NCc1ccccc1[N+](=O)[O-]. The highest BCUT2D eigenvalue weighted by atomic mass is 16.6. The Hall–Kier alpha value is -3.13. The number of nitrogens with zero attached hydrogens (tertiary/aromatic N) is 2. The van der Waals surface area contributed by atoms with Crippen LogP contribution in [0.4, 0.5) is 5.69 Å². The van der Waals surface area contributed by atoms with Crippen LogP contribution in [0.1, 0.15) is 16.7 Å². The molecule has 8 nitrogen and oxygen atoms in total. The predicted molar refractivity (Wildman–Crippen MR) is 109 cm³/mol. The van der Waals surface area contributed by atoms with Crippen molar-refractivity contribution in [3.8, 4) is 5.75 Å². The van der Waals surface area contributed by atoms with E-state index < -0.39 is 0 Å². The van der Waals surface area contributed by atoms with E-state index in [4.69, 9.17) is 9.47 Å². The molecule has 2 N–H and O–H groups in total. The second kappa shape index (κ2) is 10.9. The zero-order valence-electron chi connectivity index (χ0n) is 16.4. The first-order valence-electron chi connectivity index (χ1n) is 8.93. The number of rotatable bonds is 9. The molecular weight excluding hydrogens is 360 g/mol. The van der Waals surface area contributed by atoms with Gasteiger partial charge in [-0.05, 0) is 18.6 Å². The lowest BCUT2D eigenvalue weighted by Gasteiger charge is -2.15. The average molecular weight is 386 g/mol. The first-order chi connectivity index (χ1) is 13.5. The molecule has 2 aromatic rings. The van der Waals surface area contributed by atoms with Crippen molar-refractivity contribution in [2.24, 2.45) is 4.99 Å². The fraction of sp³-hybridized carbons (Fsp3) is 0.350. The molecule has 28 heavy (non-hydrogen) atoms. The third kappa shape index (κ3) is 6.24. The fourth-order valence-corrected chi connectivity index (χ4v) is 2.59. The maximum atomic E-state index is 11.1. The number of aliphatic imine (C=N–C) groups is 1. The normalized spacial score (nSPS) is 11.2. The first-order valence-corrected chi connectivity index (χ1v) is 8.93. The van der Waals surface area contributed by atoms with Crippen molar-refractivity contribution in [1.29, 1.82) is 0 Å². The summed E-state index contributed by atoms with van der Waals surface area (Å²) < 4.78 is 10.8. The van der Waals surface area contributed by atoms with Crippen LogP contribution >= 0.6 is 0 Å². The molecule has 0 spiro atoms. The fourth-order valence-electron chi connectivity index (χ4n) is 2.59. The molecule has 0 aromatic heterocycles. The average Bonchev–Trinajstić information content (AvgIpc) is 2.69. The van der Waals surface area contributed by atoms with Gasteiger partial charge in [-0.2, -0.15) is 0 Å². The van der Waals surface area contributed by atoms with E-state index >= 15 is 0 Å². The van der Waals surface area contributed by atoms with Crippen molar-refractivity contribution in [3.63, 3.8) is 0 Å². The number of aryl methyl sites for hydroxylation is 1. The summed E-state index contributed by atoms with van der Waals surface area (Å²) in [5.74, 6) is 1.33. The standard InChI is InChI=1S/C20H26N4O4/c1-15-8-9-17(19(12-15)28-11-10-27-3)14-23-20(21-2)22-13-16-6-4-5-7-18(16)24(25)26/h4-9,12H,10-11,13-14H2,1-3H3,(H2,21,22,23). The van der Waals surface area contributed by atoms with Gasteiger partial charge in [-0.15, -0.1) is 0 Å². The summed E-state index contributed by atoms with van der Waals surface area (Å²) >= 11 is 0. The number of hydrogen-bond acceptors (Lipinski definition) is 5. The van der Waals surface area contributed by atoms with Gasteiger partial charge >= 0.3 is 0 Å². The van der Waals surface area contributed by atoms with Crippen molar-refractivity contribution >= 4 is 11.6 Å². The smallest absolute Gasteiger partial charge is 0.274 e. The summed E-state index contributed by atoms with van der Waals surface area (Å²) in [5.41, 5.74) is 2.76. The van der Waals surface area contributed by atoms with Gasteiger partial charge in [0.1, 0.15) is 12.4 Å². The number of nitro benzene ring substituents is 1. The van der Waals surface area contributed by atoms with Gasteiger partial charge in [0.05, 0.1) is 11.5 Å². The minimum Gasteiger partial charge on any atom is -0.491 e. The lowest BCUT2D eigenvalue weighted by atomic mass is 10.1. The number of benzene rings is 2. The van der Waals surface area contributed by atoms with Crippen LogP contribution < -0.4 is 15.4 Å². The zero-order chi connectivity index (χ0) is 20.4. The van der Waals surface area contributed by atoms with Gasteiger partial charge in [-0.3, -0.25) is 15.1 Å². The summed E-state index contributed by atoms with van der Waals surface area (Å²) in [4.78, 5) is 14.9. The molecule has 150 valence electrons. The Kier molecular flexibility index (Phi) is 8.23. The van der Waals surface area contributed by atoms with Gasteiger partial charge < -0.3 is 20.1 Å². The number of guanidine groups is 1. The van der Waals surface area contributed by atoms with Crippen molar-refractivity contribution in [1.82, 2.24) is 10.6 Å². The molecule has 0 aliphatic carbocycles. The third-order valence-electron chi connectivity index (χ3n) is 4.07. The molecule has 0 aliphatic rings. The van der Waals surface area contributed by atoms with Gasteiger partial charge in [0.15, 0.2) is 5.96 Å². The van der Waals surface area contributed by atoms with Crippen molar-refractivity contribution in [3.05, 3.63) is 69.3 Å². The lowest BCUT2D eigenvalue weighted by Crippen LogP contribution is -2.36. The molecule has 2 aromatic carbocycles. The quantitative estimate of drug-likeness (QED) is 0.226. The summed E-state index contributed by atoms with van der Waals surface area (Å²) in [6.07, 6.45) is 0. The first kappa shape index (κ1) is 21.2. The number of nitrogens with one attached hydrogen (secondary N) is 2. The van der Waals surface area contributed by atoms with Crippen LogP contribution in [-0.4, -0.2) is 38.3 Å². The summed E-state index contributed by atoms with van der Waals surface area (Å²) in [6.45, 7) is 3.78. The molecule has 0 unspecified atom stereocenters. The van der Waals surface area contributed by atoms with E-state index in [9.17, 15) is 10.1 Å². The Morgan fingerprint density at radius 1 is 1.11 bits per heavy atom. The molecule has 0 heterocycles. The van der Waals surface area contributed by atoms with E-state index in [-0.39, 0.29) is 10.6 Å². The minimum absolute atomic E-state index is 0.0813. The maximum Gasteiger partial charge on any atom is 0.274 e. The van der Waals surface area contributed by atoms with Gasteiger partial charge in [0, 0.05) is 44.4 Å². The van der Waals surface area contributed by atoms with Crippen molar-refractivity contribution in [2.45, 2.75) is 20.0 Å². The Labute approximate surface area is 164 Å². The van der Waals surface area contributed by atoms with E-state index in [1.165, 1.54) is 6.07 Å². The van der Waals surface area contributed by atoms with Gasteiger partial charge in [0.2, 0.25) is 0 Å². The lowest BCUT2D eigenvalue weighted by molar-refractivity contribution is -0.385. The third-order valence-corrected chi connectivity index (χ3v) is 4.07. The topological polar surface area (TPSA) is 98.0 Å². The Morgan fingerprint density at radius 2 is 1.82 bits per heavy atom. The van der Waals surface area contributed by atoms with Crippen molar-refractivity contribution < 1.29 is 14.4 Å². The predicted octanol–water partition coefficient (Wildman–Crippen LogP) is 2.79. The van der Waals surface area contributed by atoms with Crippen LogP contribution in [0.3, 0.4) is 0 Å². The van der Waals surface area contributed by atoms with E-state index in [1.807, 2.05) is 25.1 Å². The molecule has 0 aliphatic heterocycles. The second-order valence-corrected chi connectivity index (χ2v) is 6.12. The molecule has 0 saturated heterocycles. The number of hydrogen-bond donors (Lipinski definition) is 2. The van der Waals surface area contributed by atoms with Crippen LogP contribution in [-0.2, 0) is 17.8 Å². The van der Waals surface area contributed by atoms with Gasteiger partial charge in [0.25, 0.3) is 5.69 Å². The molecule has 0 atom stereocenters. The number of para-hydroxylation sites is 1. The molecule has 0 fully saturated rings. The molecule has 0 radical (unpaired) electrons. The second-order valence-electron chi connectivity index (χ2n) is 6.12. The summed E-state index contributed by atoms with van der Waals surface area (Å²) in [5, 5.41) is 17.4. The molecule has 0 saturated carbocycles. The Morgan fingerprint density at radius 3 is 2.50 bits per heavy atom. The highest BCUT2D eigenvalue weighted by Gasteiger charge is 2.12. The molecule has 0 amide bonds. The highest BCUT2D eigenvalue weighted by Crippen LogP contribution is 2.20. The number of methoxy groups -OCH3 is 1. The monoisotopic (exact) mass is 386 g/mol. The number of nitro groups is 1. The van der Waals surface area contributed by atoms with Crippen LogP contribution in [0.15, 0.2) is 47.5 Å². The van der Waals surface area contributed by atoms with E-state index in [0.717, 1.165) is 16.9 Å². The number of ether oxygens (including phenoxy) is 2. The van der Waals surface area contributed by atoms with Crippen LogP contribution in [0, 0.1) is 17.0 Å². The molecule has 2 rings (SSSR count). The molecule has 8 heteroatoms. The molecule has 0 bridgehead atoms. The maximum absolute atomic E-state index is 11.1. The Bertz CT molecular complexity index is 824. The summed E-state index contributed by atoms with van der Waals surface area (Å²) in [6, 6.07) is 12.6. The zero-order valence-corrected chi connectivity index (χ0v) is 16.4. The van der Waals surface area contributed by atoms with Crippen molar-refractivity contribution in [2.75, 3.05) is 27.4 Å². The Balaban J connectivity index is 1.98. The minimum atomic E-state index is -0.386. The van der Waals surface area contributed by atoms with Crippen LogP contribution in [0.5, 0.6) is 5.75 Å². The molecular formula is C20H26N4O4. The summed E-state index contributed by atoms with van der Waals surface area (Å²) in [7, 11) is 3.29. The van der Waals surface area contributed by atoms with Gasteiger partial charge in [-0.1, -0.05) is 30.3 Å². The van der Waals surface area contributed by atoms with Crippen LogP contribution in [0.25, 0.3) is 0 Å². The van der Waals surface area contributed by atoms with E-state index in [2.05, 4.69) is 15.6 Å². The van der Waals surface area contributed by atoms with E-state index in [1.54, 1.807) is 32.4 Å². The largest absolute Gasteiger partial charge is 0.491 e.